The fourth-order valence-corrected chi connectivity index (χ4v) is 2.25. The molecule has 3 nitrogen and oxygen atoms in total. The summed E-state index contributed by atoms with van der Waals surface area (Å²) < 4.78 is 5.67. The summed E-state index contributed by atoms with van der Waals surface area (Å²) in [6, 6.07) is 14.4. The van der Waals surface area contributed by atoms with Gasteiger partial charge in [-0.25, -0.2) is 0 Å². The summed E-state index contributed by atoms with van der Waals surface area (Å²) in [6.45, 7) is 4.78. The van der Waals surface area contributed by atoms with E-state index in [9.17, 15) is 0 Å². The number of nitrogens with one attached hydrogen (secondary N) is 1. The summed E-state index contributed by atoms with van der Waals surface area (Å²) in [7, 11) is 2.21. The zero-order chi connectivity index (χ0) is 14.2. The number of para-hydroxylation sites is 1. The van der Waals surface area contributed by atoms with Crippen LogP contribution in [0.3, 0.4) is 0 Å². The van der Waals surface area contributed by atoms with E-state index in [4.69, 9.17) is 4.74 Å². The number of hydrogen-bond acceptors (Lipinski definition) is 2. The molecule has 1 heterocycles. The third kappa shape index (κ3) is 4.35. The van der Waals surface area contributed by atoms with Crippen LogP contribution in [0.1, 0.15) is 18.2 Å². The van der Waals surface area contributed by atoms with Crippen molar-refractivity contribution in [1.29, 1.82) is 0 Å². The number of rotatable bonds is 7. The van der Waals surface area contributed by atoms with Crippen molar-refractivity contribution < 1.29 is 9.64 Å². The summed E-state index contributed by atoms with van der Waals surface area (Å²) in [5.74, 6) is 1.01. The second kappa shape index (κ2) is 7.65. The molecule has 0 spiro atoms. The Labute approximate surface area is 121 Å². The lowest BCUT2D eigenvalue weighted by atomic mass is 10.2. The standard InChI is InChI=1S/C17H22N2O/c1-3-20-17-10-5-4-8-15(17)14-19(2)13-11-16-9-6-7-12-18-16/h4-10,12H,3,11,13-14H2,1-2H3/p+1. The van der Waals surface area contributed by atoms with Crippen LogP contribution in [0, 0.1) is 0 Å². The van der Waals surface area contributed by atoms with E-state index in [1.807, 2.05) is 37.4 Å². The monoisotopic (exact) mass is 271 g/mol. The van der Waals surface area contributed by atoms with Gasteiger partial charge in [0, 0.05) is 23.9 Å². The lowest BCUT2D eigenvalue weighted by Gasteiger charge is -2.16. The number of likely N-dealkylation sites (N-methyl/N-ethyl adjacent to an activating group) is 1. The molecule has 1 N–H and O–H groups in total. The minimum Gasteiger partial charge on any atom is -0.493 e. The SMILES string of the molecule is CCOc1ccccc1C[NH+](C)CCc1ccccn1. The van der Waals surface area contributed by atoms with Gasteiger partial charge in [-0.05, 0) is 31.2 Å². The normalized spacial score (nSPS) is 12.1. The Kier molecular flexibility index (Phi) is 5.56. The summed E-state index contributed by atoms with van der Waals surface area (Å²) in [5.41, 5.74) is 2.43. The summed E-state index contributed by atoms with van der Waals surface area (Å²) >= 11 is 0. The lowest BCUT2D eigenvalue weighted by molar-refractivity contribution is -0.893. The van der Waals surface area contributed by atoms with Crippen molar-refractivity contribution in [2.45, 2.75) is 19.9 Å². The maximum atomic E-state index is 5.67. The van der Waals surface area contributed by atoms with Crippen LogP contribution in [-0.4, -0.2) is 25.2 Å². The van der Waals surface area contributed by atoms with E-state index in [0.29, 0.717) is 6.61 Å². The van der Waals surface area contributed by atoms with Crippen molar-refractivity contribution in [3.63, 3.8) is 0 Å². The highest BCUT2D eigenvalue weighted by atomic mass is 16.5. The van der Waals surface area contributed by atoms with Crippen LogP contribution in [0.25, 0.3) is 0 Å². The quantitative estimate of drug-likeness (QED) is 0.830. The van der Waals surface area contributed by atoms with Crippen molar-refractivity contribution >= 4 is 0 Å². The fraction of sp³-hybridized carbons (Fsp3) is 0.353. The molecule has 20 heavy (non-hydrogen) atoms. The molecule has 0 aliphatic heterocycles. The van der Waals surface area contributed by atoms with E-state index < -0.39 is 0 Å². The number of pyridine rings is 1. The third-order valence-electron chi connectivity index (χ3n) is 3.30. The molecule has 2 rings (SSSR count). The number of benzene rings is 1. The first-order chi connectivity index (χ1) is 9.79. The highest BCUT2D eigenvalue weighted by Crippen LogP contribution is 2.16. The number of hydrogen-bond donors (Lipinski definition) is 1. The zero-order valence-electron chi connectivity index (χ0n) is 12.3. The van der Waals surface area contributed by atoms with Crippen LogP contribution in [0.5, 0.6) is 5.75 Å². The molecule has 0 saturated heterocycles. The van der Waals surface area contributed by atoms with Gasteiger partial charge in [-0.15, -0.1) is 0 Å². The van der Waals surface area contributed by atoms with Gasteiger partial charge in [0.15, 0.2) is 0 Å². The minimum absolute atomic E-state index is 0.712. The molecule has 0 fully saturated rings. The molecule has 0 aliphatic carbocycles. The van der Waals surface area contributed by atoms with Gasteiger partial charge in [-0.2, -0.15) is 0 Å². The summed E-state index contributed by atoms with van der Waals surface area (Å²) in [4.78, 5) is 5.83. The third-order valence-corrected chi connectivity index (χ3v) is 3.30. The Balaban J connectivity index is 1.89. The second-order valence-electron chi connectivity index (χ2n) is 5.00. The minimum atomic E-state index is 0.712. The first kappa shape index (κ1) is 14.5. The van der Waals surface area contributed by atoms with Crippen LogP contribution in [0.4, 0.5) is 0 Å². The molecule has 0 bridgehead atoms. The predicted molar refractivity (Wildman–Crippen MR) is 81.0 cm³/mol. The van der Waals surface area contributed by atoms with E-state index in [1.165, 1.54) is 10.5 Å². The molecular formula is C17H23N2O+. The van der Waals surface area contributed by atoms with Gasteiger partial charge in [0.25, 0.3) is 0 Å². The number of quaternary nitrogens is 1. The second-order valence-corrected chi connectivity index (χ2v) is 5.00. The lowest BCUT2D eigenvalue weighted by Crippen LogP contribution is -3.07. The van der Waals surface area contributed by atoms with Gasteiger partial charge < -0.3 is 9.64 Å². The highest BCUT2D eigenvalue weighted by molar-refractivity contribution is 5.32. The number of nitrogens with zero attached hydrogens (tertiary/aromatic N) is 1. The maximum absolute atomic E-state index is 5.67. The number of ether oxygens (including phenoxy) is 1. The van der Waals surface area contributed by atoms with Crippen LogP contribution in [0.2, 0.25) is 0 Å². The first-order valence-electron chi connectivity index (χ1n) is 7.21. The molecule has 1 aromatic heterocycles. The molecule has 1 atom stereocenters. The van der Waals surface area contributed by atoms with Crippen molar-refractivity contribution in [3.8, 4) is 5.75 Å². The van der Waals surface area contributed by atoms with Crippen LogP contribution in [-0.2, 0) is 13.0 Å². The van der Waals surface area contributed by atoms with Crippen LogP contribution >= 0.6 is 0 Å². The molecular weight excluding hydrogens is 248 g/mol. The van der Waals surface area contributed by atoms with E-state index in [1.54, 1.807) is 0 Å². The largest absolute Gasteiger partial charge is 0.493 e. The van der Waals surface area contributed by atoms with Gasteiger partial charge >= 0.3 is 0 Å². The molecule has 0 radical (unpaired) electrons. The van der Waals surface area contributed by atoms with Gasteiger partial charge in [-0.1, -0.05) is 18.2 Å². The Bertz CT molecular complexity index is 513. The predicted octanol–water partition coefficient (Wildman–Crippen LogP) is 1.74. The molecule has 0 amide bonds. The van der Waals surface area contributed by atoms with Crippen molar-refractivity contribution in [2.75, 3.05) is 20.2 Å². The van der Waals surface area contributed by atoms with E-state index in [-0.39, 0.29) is 0 Å². The topological polar surface area (TPSA) is 26.6 Å². The Hall–Kier alpha value is -1.87. The molecule has 1 unspecified atom stereocenters. The van der Waals surface area contributed by atoms with Crippen LogP contribution < -0.4 is 9.64 Å². The molecule has 3 heteroatoms. The van der Waals surface area contributed by atoms with Gasteiger partial charge in [0.05, 0.1) is 20.2 Å². The molecule has 2 aromatic rings. The molecule has 106 valence electrons. The van der Waals surface area contributed by atoms with E-state index in [0.717, 1.165) is 31.0 Å². The molecule has 0 aliphatic rings. The van der Waals surface area contributed by atoms with E-state index in [2.05, 4.69) is 30.2 Å². The molecule has 1 aromatic carbocycles. The number of aromatic nitrogens is 1. The van der Waals surface area contributed by atoms with Gasteiger partial charge in [-0.3, -0.25) is 4.98 Å². The average molecular weight is 271 g/mol. The van der Waals surface area contributed by atoms with Gasteiger partial charge in [0.2, 0.25) is 0 Å². The Morgan fingerprint density at radius 2 is 1.90 bits per heavy atom. The van der Waals surface area contributed by atoms with Crippen LogP contribution in [0.15, 0.2) is 48.7 Å². The zero-order valence-corrected chi connectivity index (χ0v) is 12.3. The first-order valence-corrected chi connectivity index (χ1v) is 7.21. The average Bonchev–Trinajstić information content (AvgIpc) is 2.49. The summed E-state index contributed by atoms with van der Waals surface area (Å²) in [5, 5.41) is 0. The van der Waals surface area contributed by atoms with Gasteiger partial charge in [0.1, 0.15) is 12.3 Å². The Morgan fingerprint density at radius 3 is 2.65 bits per heavy atom. The fourth-order valence-electron chi connectivity index (χ4n) is 2.25. The maximum Gasteiger partial charge on any atom is 0.128 e. The Morgan fingerprint density at radius 1 is 1.10 bits per heavy atom. The summed E-state index contributed by atoms with van der Waals surface area (Å²) in [6.07, 6.45) is 2.86. The van der Waals surface area contributed by atoms with Crippen molar-refractivity contribution in [2.24, 2.45) is 0 Å². The molecule has 0 saturated carbocycles. The van der Waals surface area contributed by atoms with E-state index >= 15 is 0 Å². The smallest absolute Gasteiger partial charge is 0.128 e. The van der Waals surface area contributed by atoms with Crippen molar-refractivity contribution in [1.82, 2.24) is 4.98 Å². The highest BCUT2D eigenvalue weighted by Gasteiger charge is 2.09. The van der Waals surface area contributed by atoms with Crippen molar-refractivity contribution in [3.05, 3.63) is 59.9 Å².